The molecule has 2 fully saturated rings. The smallest absolute Gasteiger partial charge is 0.305 e. The molecule has 2 amide bonds. The number of aliphatic hydroxyl groups excluding tert-OH is 1. The summed E-state index contributed by atoms with van der Waals surface area (Å²) < 4.78 is 17.3. The minimum atomic E-state index is -2.31. The number of nitrogens with zero attached hydrogens (tertiary/aromatic N) is 2. The van der Waals surface area contributed by atoms with Crippen molar-refractivity contribution in [3.8, 4) is 5.75 Å². The van der Waals surface area contributed by atoms with E-state index in [9.17, 15) is 19.5 Å². The second-order valence-corrected chi connectivity index (χ2v) is 18.3. The van der Waals surface area contributed by atoms with Gasteiger partial charge in [0.05, 0.1) is 34.1 Å². The van der Waals surface area contributed by atoms with Crippen LogP contribution in [-0.2, 0) is 29.5 Å². The second-order valence-electron chi connectivity index (χ2n) is 13.6. The molecule has 3 heterocycles. The molecule has 0 radical (unpaired) electrons. The Bertz CT molecular complexity index is 1410. The first-order valence-corrected chi connectivity index (χ1v) is 19.9. The van der Waals surface area contributed by atoms with E-state index in [2.05, 4.69) is 32.2 Å². The van der Waals surface area contributed by atoms with Crippen LogP contribution in [0.15, 0.2) is 42.5 Å². The molecule has 10 heteroatoms. The molecule has 0 saturated carbocycles. The fourth-order valence-corrected chi connectivity index (χ4v) is 12.2. The topological polar surface area (TPSA) is 106 Å². The van der Waals surface area contributed by atoms with Gasteiger partial charge in [-0.1, -0.05) is 50.2 Å². The van der Waals surface area contributed by atoms with E-state index in [0.29, 0.717) is 45.2 Å². The molecule has 3 aliphatic rings. The Morgan fingerprint density at radius 3 is 2.48 bits per heavy atom. The fraction of sp³-hybridized carbons (Fsp3) is 0.583. The standard InChI is InChI=1S/C36H50N2O7Si/c1-25-34(46(4,5)28-17-15-27(43-2)16-18-28)31(20-23-39)45-36(25)29-24-26(37-21-10-7-6-8-12-32(37)40)14-19-30(29)38(35(36)42)22-11-9-13-33(41)44-3/h14-19,24-25,31,34,39H,6-13,20-23H2,1-5H3/t25-,31+,34-,36+/m1/s1. The molecular weight excluding hydrogens is 600 g/mol. The number of methoxy groups -OCH3 is 2. The van der Waals surface area contributed by atoms with Gasteiger partial charge in [-0.2, -0.15) is 0 Å². The lowest BCUT2D eigenvalue weighted by Crippen LogP contribution is -2.52. The van der Waals surface area contributed by atoms with E-state index >= 15 is 0 Å². The van der Waals surface area contributed by atoms with Crippen LogP contribution in [-0.4, -0.2) is 71.0 Å². The van der Waals surface area contributed by atoms with Crippen LogP contribution < -0.4 is 19.7 Å². The van der Waals surface area contributed by atoms with E-state index in [4.69, 9.17) is 14.2 Å². The first kappa shape index (κ1) is 34.1. The summed E-state index contributed by atoms with van der Waals surface area (Å²) in [4.78, 5) is 43.6. The number of unbranched alkanes of at least 4 members (excludes halogenated alkanes) is 1. The summed E-state index contributed by atoms with van der Waals surface area (Å²) in [5.74, 6) is 0.343. The zero-order chi connectivity index (χ0) is 33.1. The molecule has 0 aliphatic carbocycles. The molecule has 250 valence electrons. The summed E-state index contributed by atoms with van der Waals surface area (Å²) in [7, 11) is 0.735. The Morgan fingerprint density at radius 1 is 1.04 bits per heavy atom. The Labute approximate surface area is 274 Å². The Balaban J connectivity index is 1.57. The van der Waals surface area contributed by atoms with Gasteiger partial charge in [0.2, 0.25) is 5.91 Å². The van der Waals surface area contributed by atoms with Gasteiger partial charge in [-0.05, 0) is 68.0 Å². The van der Waals surface area contributed by atoms with Gasteiger partial charge in [0.1, 0.15) is 5.75 Å². The largest absolute Gasteiger partial charge is 0.497 e. The number of hydrogen-bond acceptors (Lipinski definition) is 7. The molecule has 0 unspecified atom stereocenters. The number of fused-ring (bicyclic) bond motifs is 2. The van der Waals surface area contributed by atoms with E-state index in [1.54, 1.807) is 7.11 Å². The summed E-state index contributed by atoms with van der Waals surface area (Å²) in [5, 5.41) is 11.5. The van der Waals surface area contributed by atoms with E-state index in [0.717, 1.165) is 48.4 Å². The molecule has 5 rings (SSSR count). The molecule has 46 heavy (non-hydrogen) atoms. The number of carbonyl (C=O) groups excluding carboxylic acids is 3. The molecule has 1 spiro atoms. The summed E-state index contributed by atoms with van der Waals surface area (Å²) in [6, 6.07) is 14.2. The number of amides is 2. The van der Waals surface area contributed by atoms with Crippen molar-refractivity contribution in [3.05, 3.63) is 48.0 Å². The van der Waals surface area contributed by atoms with Gasteiger partial charge in [0, 0.05) is 49.7 Å². The number of carbonyl (C=O) groups is 3. The van der Waals surface area contributed by atoms with Crippen LogP contribution in [0, 0.1) is 5.92 Å². The zero-order valence-electron chi connectivity index (χ0n) is 28.0. The summed E-state index contributed by atoms with van der Waals surface area (Å²) in [6.45, 7) is 7.83. The Morgan fingerprint density at radius 2 is 1.78 bits per heavy atom. The molecule has 2 saturated heterocycles. The van der Waals surface area contributed by atoms with Crippen LogP contribution in [0.25, 0.3) is 0 Å². The minimum absolute atomic E-state index is 0.0242. The number of esters is 1. The highest BCUT2D eigenvalue weighted by molar-refractivity contribution is 6.91. The maximum absolute atomic E-state index is 14.8. The molecule has 4 atom stereocenters. The fourth-order valence-electron chi connectivity index (χ4n) is 8.16. The molecule has 0 bridgehead atoms. The van der Waals surface area contributed by atoms with E-state index in [-0.39, 0.29) is 42.0 Å². The van der Waals surface area contributed by atoms with Crippen molar-refractivity contribution in [2.24, 2.45) is 5.92 Å². The summed E-state index contributed by atoms with van der Waals surface area (Å²) >= 11 is 0. The number of rotatable bonds is 11. The van der Waals surface area contributed by atoms with E-state index in [1.165, 1.54) is 12.3 Å². The predicted molar refractivity (Wildman–Crippen MR) is 181 cm³/mol. The molecule has 1 N–H and O–H groups in total. The van der Waals surface area contributed by atoms with Gasteiger partial charge < -0.3 is 29.1 Å². The van der Waals surface area contributed by atoms with Crippen LogP contribution in [0.5, 0.6) is 5.75 Å². The highest BCUT2D eigenvalue weighted by atomic mass is 28.3. The highest BCUT2D eigenvalue weighted by Gasteiger charge is 2.66. The highest BCUT2D eigenvalue weighted by Crippen LogP contribution is 2.60. The number of benzene rings is 2. The van der Waals surface area contributed by atoms with Gasteiger partial charge >= 0.3 is 5.97 Å². The molecule has 2 aromatic carbocycles. The van der Waals surface area contributed by atoms with Crippen LogP contribution in [0.1, 0.15) is 70.3 Å². The summed E-state index contributed by atoms with van der Waals surface area (Å²) in [5.41, 5.74) is 1.17. The van der Waals surface area contributed by atoms with E-state index in [1.807, 2.05) is 40.1 Å². The van der Waals surface area contributed by atoms with Crippen molar-refractivity contribution in [2.45, 2.75) is 95.1 Å². The molecule has 0 aromatic heterocycles. The minimum Gasteiger partial charge on any atom is -0.497 e. The number of aliphatic hydroxyl groups is 1. The second kappa shape index (κ2) is 14.3. The lowest BCUT2D eigenvalue weighted by Gasteiger charge is -2.37. The third-order valence-electron chi connectivity index (χ3n) is 10.6. The van der Waals surface area contributed by atoms with Crippen molar-refractivity contribution < 1.29 is 33.7 Å². The average molecular weight is 651 g/mol. The normalized spacial score (nSPS) is 25.0. The quantitative estimate of drug-likeness (QED) is 0.200. The maximum Gasteiger partial charge on any atom is 0.305 e. The average Bonchev–Trinajstić information content (AvgIpc) is 3.47. The van der Waals surface area contributed by atoms with Gasteiger partial charge in [-0.15, -0.1) is 0 Å². The van der Waals surface area contributed by atoms with Crippen LogP contribution >= 0.6 is 0 Å². The molecular formula is C36H50N2O7Si. The predicted octanol–water partition coefficient (Wildman–Crippen LogP) is 5.28. The lowest BCUT2D eigenvalue weighted by molar-refractivity contribution is -0.146. The van der Waals surface area contributed by atoms with Crippen molar-refractivity contribution in [1.82, 2.24) is 0 Å². The van der Waals surface area contributed by atoms with E-state index < -0.39 is 13.7 Å². The van der Waals surface area contributed by atoms with Crippen LogP contribution in [0.3, 0.4) is 0 Å². The number of ether oxygens (including phenoxy) is 3. The third kappa shape index (κ3) is 6.23. The maximum atomic E-state index is 14.8. The lowest BCUT2D eigenvalue weighted by atomic mass is 9.82. The monoisotopic (exact) mass is 650 g/mol. The first-order valence-electron chi connectivity index (χ1n) is 16.9. The van der Waals surface area contributed by atoms with Crippen LogP contribution in [0.4, 0.5) is 11.4 Å². The zero-order valence-corrected chi connectivity index (χ0v) is 29.0. The molecule has 3 aliphatic heterocycles. The van der Waals surface area contributed by atoms with Gasteiger partial charge in [0.15, 0.2) is 5.60 Å². The van der Waals surface area contributed by atoms with Crippen molar-refractivity contribution in [1.29, 1.82) is 0 Å². The van der Waals surface area contributed by atoms with Crippen LogP contribution in [0.2, 0.25) is 18.6 Å². The SMILES string of the molecule is COC(=O)CCCCN1C(=O)[C@@]2(O[C@@H](CCO)[C@H]([Si](C)(C)c3ccc(OC)cc3)[C@H]2C)c2cc(N3CCCCCCC3=O)ccc21. The van der Waals surface area contributed by atoms with Crippen molar-refractivity contribution in [2.75, 3.05) is 43.7 Å². The molecule has 2 aromatic rings. The van der Waals surface area contributed by atoms with Gasteiger partial charge in [-0.25, -0.2) is 0 Å². The van der Waals surface area contributed by atoms with Crippen molar-refractivity contribution in [3.63, 3.8) is 0 Å². The van der Waals surface area contributed by atoms with Gasteiger partial charge in [-0.3, -0.25) is 14.4 Å². The van der Waals surface area contributed by atoms with Crippen molar-refractivity contribution >= 4 is 42.4 Å². The first-order chi connectivity index (χ1) is 22.1. The Kier molecular flexibility index (Phi) is 10.6. The number of anilines is 2. The number of hydrogen-bond donors (Lipinski definition) is 1. The Hall–Kier alpha value is -3.21. The summed E-state index contributed by atoms with van der Waals surface area (Å²) in [6.07, 6.45) is 6.12. The third-order valence-corrected chi connectivity index (χ3v) is 15.0. The van der Waals surface area contributed by atoms with Gasteiger partial charge in [0.25, 0.3) is 5.91 Å². The molecule has 9 nitrogen and oxygen atoms in total.